The second-order valence-corrected chi connectivity index (χ2v) is 5.50. The fourth-order valence-corrected chi connectivity index (χ4v) is 2.37. The number of carbonyl (C=O) groups is 3. The summed E-state index contributed by atoms with van der Waals surface area (Å²) in [5.74, 6) is 0.00177. The van der Waals surface area contributed by atoms with Crippen molar-refractivity contribution in [3.8, 4) is 0 Å². The average Bonchev–Trinajstić information content (AvgIpc) is 2.86. The van der Waals surface area contributed by atoms with Crippen molar-refractivity contribution in [3.63, 3.8) is 0 Å². The van der Waals surface area contributed by atoms with E-state index >= 15 is 0 Å². The van der Waals surface area contributed by atoms with Crippen molar-refractivity contribution in [2.24, 2.45) is 0 Å². The highest BCUT2D eigenvalue weighted by molar-refractivity contribution is 5.84. The van der Waals surface area contributed by atoms with Crippen LogP contribution in [0.3, 0.4) is 0 Å². The zero-order chi connectivity index (χ0) is 17.2. The highest BCUT2D eigenvalue weighted by atomic mass is 16.5. The molecule has 0 unspecified atom stereocenters. The molecule has 0 saturated carbocycles. The number of hydrogen-bond acceptors (Lipinski definition) is 5. The van der Waals surface area contributed by atoms with Crippen molar-refractivity contribution in [2.45, 2.75) is 0 Å². The Labute approximate surface area is 136 Å². The monoisotopic (exact) mass is 330 g/mol. The lowest BCUT2D eigenvalue weighted by Crippen LogP contribution is -2.44. The molecule has 0 spiro atoms. The van der Waals surface area contributed by atoms with Crippen molar-refractivity contribution in [1.82, 2.24) is 19.6 Å². The van der Waals surface area contributed by atoms with Crippen LogP contribution in [0.15, 0.2) is 0 Å². The van der Waals surface area contributed by atoms with Crippen molar-refractivity contribution in [3.05, 3.63) is 0 Å². The predicted molar refractivity (Wildman–Crippen MR) is 83.2 cm³/mol. The Morgan fingerprint density at radius 2 is 1.91 bits per heavy atom. The second kappa shape index (κ2) is 10.0. The fraction of sp³-hybridized carbons (Fsp3) is 0.786. The van der Waals surface area contributed by atoms with Gasteiger partial charge in [-0.05, 0) is 0 Å². The van der Waals surface area contributed by atoms with Crippen molar-refractivity contribution in [1.29, 1.82) is 0 Å². The maximum atomic E-state index is 12.1. The molecule has 9 heteroatoms. The lowest BCUT2D eigenvalue weighted by Gasteiger charge is -2.29. The van der Waals surface area contributed by atoms with Crippen LogP contribution in [-0.2, 0) is 14.3 Å². The first-order valence-corrected chi connectivity index (χ1v) is 7.61. The number of hydrogen-bond donors (Lipinski definition) is 1. The lowest BCUT2D eigenvalue weighted by molar-refractivity contribution is -0.130. The molecule has 1 N–H and O–H groups in total. The van der Waals surface area contributed by atoms with Gasteiger partial charge in [-0.2, -0.15) is 0 Å². The molecular formula is C14H26N4O5. The molecule has 0 aromatic carbocycles. The molecular weight excluding hydrogens is 304 g/mol. The molecule has 0 atom stereocenters. The van der Waals surface area contributed by atoms with E-state index in [2.05, 4.69) is 4.90 Å². The largest absolute Gasteiger partial charge is 0.483 e. The van der Waals surface area contributed by atoms with Crippen LogP contribution in [0, 0.1) is 0 Å². The van der Waals surface area contributed by atoms with Gasteiger partial charge in [0.2, 0.25) is 5.91 Å². The zero-order valence-electron chi connectivity index (χ0n) is 13.8. The van der Waals surface area contributed by atoms with Gasteiger partial charge in [-0.1, -0.05) is 0 Å². The van der Waals surface area contributed by atoms with Gasteiger partial charge < -0.3 is 24.5 Å². The van der Waals surface area contributed by atoms with E-state index in [1.807, 2.05) is 0 Å². The molecule has 0 aliphatic carbocycles. The minimum atomic E-state index is -0.250. The molecule has 132 valence electrons. The van der Waals surface area contributed by atoms with E-state index in [1.165, 1.54) is 0 Å². The van der Waals surface area contributed by atoms with E-state index in [0.717, 1.165) is 32.8 Å². The maximum absolute atomic E-state index is 12.1. The Bertz CT molecular complexity index is 401. The van der Waals surface area contributed by atoms with Crippen LogP contribution in [0.2, 0.25) is 0 Å². The molecule has 23 heavy (non-hydrogen) atoms. The summed E-state index contributed by atoms with van der Waals surface area (Å²) in [6, 6.07) is -0.0556. The fourth-order valence-electron chi connectivity index (χ4n) is 2.37. The Morgan fingerprint density at radius 1 is 1.30 bits per heavy atom. The number of urea groups is 1. The van der Waals surface area contributed by atoms with Gasteiger partial charge in [0.05, 0.1) is 13.2 Å². The number of morpholine rings is 1. The van der Waals surface area contributed by atoms with Gasteiger partial charge in [-0.25, -0.2) is 4.79 Å². The third kappa shape index (κ3) is 6.41. The maximum Gasteiger partial charge on any atom is 0.320 e. The summed E-state index contributed by atoms with van der Waals surface area (Å²) in [5.41, 5.74) is 0. The predicted octanol–water partition coefficient (Wildman–Crippen LogP) is -1.15. The smallest absolute Gasteiger partial charge is 0.320 e. The van der Waals surface area contributed by atoms with Crippen LogP contribution < -0.4 is 0 Å². The van der Waals surface area contributed by atoms with Crippen LogP contribution >= 0.6 is 0 Å². The van der Waals surface area contributed by atoms with E-state index in [0.29, 0.717) is 19.6 Å². The van der Waals surface area contributed by atoms with Crippen molar-refractivity contribution in [2.75, 3.05) is 73.1 Å². The van der Waals surface area contributed by atoms with Gasteiger partial charge in [-0.15, -0.1) is 0 Å². The SMILES string of the molecule is CN(CCN1CCOCC1)C(=O)CN1CCN(C)C1=O.O=CO. The third-order valence-corrected chi connectivity index (χ3v) is 3.91. The Hall–Kier alpha value is -1.87. The van der Waals surface area contributed by atoms with E-state index in [1.54, 1.807) is 28.8 Å². The number of amides is 3. The van der Waals surface area contributed by atoms with Gasteiger partial charge in [0, 0.05) is 53.4 Å². The Kier molecular flexibility index (Phi) is 8.35. The van der Waals surface area contributed by atoms with Gasteiger partial charge in [0.15, 0.2) is 0 Å². The van der Waals surface area contributed by atoms with Crippen LogP contribution in [0.1, 0.15) is 0 Å². The number of carboxylic acid groups (broad SMARTS) is 1. The molecule has 9 nitrogen and oxygen atoms in total. The molecule has 2 heterocycles. The van der Waals surface area contributed by atoms with E-state index in [4.69, 9.17) is 14.6 Å². The number of likely N-dealkylation sites (N-methyl/N-ethyl adjacent to an activating group) is 2. The zero-order valence-corrected chi connectivity index (χ0v) is 13.8. The first kappa shape index (κ1) is 19.2. The number of ether oxygens (including phenoxy) is 1. The van der Waals surface area contributed by atoms with Crippen molar-refractivity contribution >= 4 is 18.4 Å². The highest BCUT2D eigenvalue weighted by Crippen LogP contribution is 2.06. The van der Waals surface area contributed by atoms with Crippen LogP contribution in [-0.4, -0.2) is 116 Å². The van der Waals surface area contributed by atoms with Crippen LogP contribution in [0.25, 0.3) is 0 Å². The van der Waals surface area contributed by atoms with E-state index in [9.17, 15) is 9.59 Å². The molecule has 0 aromatic heterocycles. The second-order valence-electron chi connectivity index (χ2n) is 5.50. The third-order valence-electron chi connectivity index (χ3n) is 3.91. The summed E-state index contributed by atoms with van der Waals surface area (Å²) in [7, 11) is 3.56. The molecule has 2 fully saturated rings. The first-order valence-electron chi connectivity index (χ1n) is 7.61. The standard InChI is InChI=1S/C13H24N4O3.CH2O2/c1-14(3-5-16-7-9-20-10-8-16)12(18)11-17-6-4-15(2)13(17)19;2-1-3/h3-11H2,1-2H3;1H,(H,2,3). The molecule has 0 bridgehead atoms. The minimum Gasteiger partial charge on any atom is -0.483 e. The molecule has 2 aliphatic rings. The average molecular weight is 330 g/mol. The summed E-state index contributed by atoms with van der Waals surface area (Å²) < 4.78 is 5.29. The summed E-state index contributed by atoms with van der Waals surface area (Å²) in [6.45, 7) is 6.22. The van der Waals surface area contributed by atoms with Crippen LogP contribution in [0.5, 0.6) is 0 Å². The summed E-state index contributed by atoms with van der Waals surface area (Å²) >= 11 is 0. The highest BCUT2D eigenvalue weighted by Gasteiger charge is 2.27. The summed E-state index contributed by atoms with van der Waals surface area (Å²) in [4.78, 5) is 39.4. The van der Waals surface area contributed by atoms with Gasteiger partial charge >= 0.3 is 6.03 Å². The molecule has 2 saturated heterocycles. The topological polar surface area (TPSA) is 93.6 Å². The number of carbonyl (C=O) groups excluding carboxylic acids is 2. The van der Waals surface area contributed by atoms with E-state index in [-0.39, 0.29) is 25.0 Å². The molecule has 2 aliphatic heterocycles. The lowest BCUT2D eigenvalue weighted by atomic mass is 10.4. The van der Waals surface area contributed by atoms with E-state index < -0.39 is 0 Å². The van der Waals surface area contributed by atoms with Gasteiger partial charge in [0.25, 0.3) is 6.47 Å². The Morgan fingerprint density at radius 3 is 2.43 bits per heavy atom. The number of nitrogens with zero attached hydrogens (tertiary/aromatic N) is 4. The van der Waals surface area contributed by atoms with Crippen LogP contribution in [0.4, 0.5) is 4.79 Å². The van der Waals surface area contributed by atoms with Gasteiger partial charge in [0.1, 0.15) is 6.54 Å². The normalized spacial score (nSPS) is 18.4. The van der Waals surface area contributed by atoms with Gasteiger partial charge in [-0.3, -0.25) is 14.5 Å². The number of rotatable bonds is 5. The first-order chi connectivity index (χ1) is 11.0. The summed E-state index contributed by atoms with van der Waals surface area (Å²) in [5, 5.41) is 6.89. The summed E-state index contributed by atoms with van der Waals surface area (Å²) in [6.07, 6.45) is 0. The molecule has 2 rings (SSSR count). The van der Waals surface area contributed by atoms with Crippen molar-refractivity contribution < 1.29 is 24.2 Å². The minimum absolute atomic E-state index is 0.00177. The Balaban J connectivity index is 0.000000816. The molecule has 3 amide bonds. The molecule has 0 aromatic rings. The molecule has 0 radical (unpaired) electrons. The quantitative estimate of drug-likeness (QED) is 0.640.